The van der Waals surface area contributed by atoms with Crippen LogP contribution in [-0.4, -0.2) is 5.97 Å². The molecule has 2 rings (SSSR count). The Morgan fingerprint density at radius 2 is 1.65 bits per heavy atom. The van der Waals surface area contributed by atoms with Crippen molar-refractivity contribution in [1.29, 1.82) is 0 Å². The van der Waals surface area contributed by atoms with E-state index in [1.807, 2.05) is 32.9 Å². The molecule has 0 heterocycles. The first-order valence-electron chi connectivity index (χ1n) is 7.25. The van der Waals surface area contributed by atoms with Crippen LogP contribution in [0.3, 0.4) is 0 Å². The summed E-state index contributed by atoms with van der Waals surface area (Å²) in [5.41, 5.74) is -1.98. The van der Waals surface area contributed by atoms with Crippen molar-refractivity contribution in [2.24, 2.45) is 17.3 Å². The fraction of sp³-hybridized carbons (Fsp3) is 0.471. The summed E-state index contributed by atoms with van der Waals surface area (Å²) in [7, 11) is 0. The molecule has 2 nitrogen and oxygen atoms in total. The molecule has 2 atom stereocenters. The molecule has 1 fully saturated rings. The van der Waals surface area contributed by atoms with E-state index in [-0.39, 0.29) is 11.3 Å². The summed E-state index contributed by atoms with van der Waals surface area (Å²) in [4.78, 5) is 12.1. The van der Waals surface area contributed by atoms with E-state index in [0.29, 0.717) is 0 Å². The predicted octanol–water partition coefficient (Wildman–Crippen LogP) is 4.44. The first kappa shape index (κ1) is 17.5. The Morgan fingerprint density at radius 1 is 1.13 bits per heavy atom. The van der Waals surface area contributed by atoms with E-state index in [1.165, 1.54) is 0 Å². The molecule has 126 valence electrons. The summed E-state index contributed by atoms with van der Waals surface area (Å²) < 4.78 is 59.3. The number of hydrogen-bond acceptors (Lipinski definition) is 2. The van der Waals surface area contributed by atoms with Crippen molar-refractivity contribution in [2.75, 3.05) is 0 Å². The van der Waals surface area contributed by atoms with Crippen LogP contribution in [0.25, 0.3) is 0 Å². The summed E-state index contributed by atoms with van der Waals surface area (Å²) in [6.45, 7) is 5.64. The molecule has 0 saturated heterocycles. The summed E-state index contributed by atoms with van der Waals surface area (Å²) in [5, 5.41) is 0. The normalized spacial score (nSPS) is 22.4. The fourth-order valence-electron chi connectivity index (χ4n) is 2.84. The van der Waals surface area contributed by atoms with E-state index >= 15 is 0 Å². The molecule has 23 heavy (non-hydrogen) atoms. The number of carbonyl (C=O) groups excluding carboxylic acids is 1. The first-order chi connectivity index (χ1) is 10.6. The van der Waals surface area contributed by atoms with E-state index < -0.39 is 52.9 Å². The van der Waals surface area contributed by atoms with E-state index in [0.717, 1.165) is 6.92 Å². The third kappa shape index (κ3) is 2.86. The van der Waals surface area contributed by atoms with Crippen LogP contribution in [0.1, 0.15) is 31.9 Å². The number of allylic oxidation sites excluding steroid dienone is 2. The van der Waals surface area contributed by atoms with Crippen LogP contribution in [0.2, 0.25) is 0 Å². The van der Waals surface area contributed by atoms with Crippen molar-refractivity contribution >= 4 is 5.97 Å². The van der Waals surface area contributed by atoms with Crippen LogP contribution in [0.5, 0.6) is 0 Å². The standard InChI is InChI=1S/C17H18F4O2/c1-5-6-10-11(17(10,3)4)16(22)23-7-9-14(20)12(18)8(2)13(19)15(9)21/h5-6,10-11H,7H2,1-4H3/t10?,11-/m0/s1. The molecular formula is C17H18F4O2. The van der Waals surface area contributed by atoms with Gasteiger partial charge in [-0.05, 0) is 25.2 Å². The zero-order chi connectivity index (χ0) is 17.5. The summed E-state index contributed by atoms with van der Waals surface area (Å²) in [6.07, 6.45) is 3.67. The Balaban J connectivity index is 2.15. The number of esters is 1. The van der Waals surface area contributed by atoms with Gasteiger partial charge in [-0.3, -0.25) is 4.79 Å². The van der Waals surface area contributed by atoms with Crippen LogP contribution in [0, 0.1) is 47.4 Å². The van der Waals surface area contributed by atoms with Gasteiger partial charge in [0.05, 0.1) is 11.5 Å². The third-order valence-corrected chi connectivity index (χ3v) is 4.50. The lowest BCUT2D eigenvalue weighted by Gasteiger charge is -2.10. The minimum absolute atomic E-state index is 0.0267. The maximum absolute atomic E-state index is 13.7. The Morgan fingerprint density at radius 3 is 2.13 bits per heavy atom. The van der Waals surface area contributed by atoms with Crippen LogP contribution < -0.4 is 0 Å². The lowest BCUT2D eigenvalue weighted by Crippen LogP contribution is -2.14. The van der Waals surface area contributed by atoms with Crippen molar-refractivity contribution in [3.63, 3.8) is 0 Å². The highest BCUT2D eigenvalue weighted by Gasteiger charge is 2.61. The molecule has 0 amide bonds. The smallest absolute Gasteiger partial charge is 0.310 e. The average molecular weight is 330 g/mol. The quantitative estimate of drug-likeness (QED) is 0.353. The number of benzene rings is 1. The van der Waals surface area contributed by atoms with Crippen molar-refractivity contribution < 1.29 is 27.1 Å². The molecule has 0 aliphatic heterocycles. The molecule has 1 aromatic carbocycles. The maximum atomic E-state index is 13.7. The molecule has 1 unspecified atom stereocenters. The zero-order valence-corrected chi connectivity index (χ0v) is 13.3. The topological polar surface area (TPSA) is 26.3 Å². The highest BCUT2D eigenvalue weighted by atomic mass is 19.2. The van der Waals surface area contributed by atoms with Gasteiger partial charge in [0.15, 0.2) is 23.3 Å². The molecule has 1 saturated carbocycles. The Labute approximate surface area is 132 Å². The highest BCUT2D eigenvalue weighted by Crippen LogP contribution is 2.59. The van der Waals surface area contributed by atoms with Crippen molar-refractivity contribution in [1.82, 2.24) is 0 Å². The molecule has 0 radical (unpaired) electrons. The van der Waals surface area contributed by atoms with Gasteiger partial charge in [0.2, 0.25) is 0 Å². The van der Waals surface area contributed by atoms with E-state index in [2.05, 4.69) is 0 Å². The van der Waals surface area contributed by atoms with Gasteiger partial charge < -0.3 is 4.74 Å². The van der Waals surface area contributed by atoms with E-state index in [4.69, 9.17) is 4.74 Å². The summed E-state index contributed by atoms with van der Waals surface area (Å²) in [5.74, 6) is -7.13. The lowest BCUT2D eigenvalue weighted by molar-refractivity contribution is -0.147. The van der Waals surface area contributed by atoms with Gasteiger partial charge >= 0.3 is 5.97 Å². The van der Waals surface area contributed by atoms with E-state index in [9.17, 15) is 22.4 Å². The van der Waals surface area contributed by atoms with Gasteiger partial charge in [-0.2, -0.15) is 0 Å². The van der Waals surface area contributed by atoms with Gasteiger partial charge in [0, 0.05) is 5.56 Å². The molecule has 1 aliphatic rings. The Hall–Kier alpha value is -1.85. The zero-order valence-electron chi connectivity index (χ0n) is 13.3. The largest absolute Gasteiger partial charge is 0.460 e. The van der Waals surface area contributed by atoms with Gasteiger partial charge in [0.25, 0.3) is 0 Å². The molecule has 1 aliphatic carbocycles. The van der Waals surface area contributed by atoms with Gasteiger partial charge in [-0.1, -0.05) is 26.0 Å². The minimum atomic E-state index is -1.53. The van der Waals surface area contributed by atoms with Crippen LogP contribution >= 0.6 is 0 Å². The minimum Gasteiger partial charge on any atom is -0.460 e. The van der Waals surface area contributed by atoms with Crippen LogP contribution in [0.4, 0.5) is 17.6 Å². The molecular weight excluding hydrogens is 312 g/mol. The Kier molecular flexibility index (Phi) is 4.55. The maximum Gasteiger partial charge on any atom is 0.310 e. The first-order valence-corrected chi connectivity index (χ1v) is 7.25. The second-order valence-electron chi connectivity index (χ2n) is 6.32. The monoisotopic (exact) mass is 330 g/mol. The number of ether oxygens (including phenoxy) is 1. The second-order valence-corrected chi connectivity index (χ2v) is 6.32. The number of halogens is 4. The lowest BCUT2D eigenvalue weighted by atomic mass is 10.1. The third-order valence-electron chi connectivity index (χ3n) is 4.50. The van der Waals surface area contributed by atoms with Crippen molar-refractivity contribution in [2.45, 2.75) is 34.3 Å². The fourth-order valence-corrected chi connectivity index (χ4v) is 2.84. The van der Waals surface area contributed by atoms with Crippen LogP contribution in [-0.2, 0) is 16.1 Å². The van der Waals surface area contributed by atoms with Crippen LogP contribution in [0.15, 0.2) is 12.2 Å². The second kappa shape index (κ2) is 5.98. The van der Waals surface area contributed by atoms with Gasteiger partial charge in [-0.25, -0.2) is 17.6 Å². The molecule has 0 aromatic heterocycles. The molecule has 0 N–H and O–H groups in total. The molecule has 1 aromatic rings. The predicted molar refractivity (Wildman–Crippen MR) is 76.4 cm³/mol. The number of carbonyl (C=O) groups is 1. The SMILES string of the molecule is CC=CC1[C@@H](C(=O)OCc2c(F)c(F)c(C)c(F)c2F)C1(C)C. The molecule has 0 spiro atoms. The van der Waals surface area contributed by atoms with E-state index in [1.54, 1.807) is 0 Å². The highest BCUT2D eigenvalue weighted by molar-refractivity contribution is 5.78. The van der Waals surface area contributed by atoms with Gasteiger partial charge in [0.1, 0.15) is 6.61 Å². The summed E-state index contributed by atoms with van der Waals surface area (Å²) >= 11 is 0. The van der Waals surface area contributed by atoms with Crippen molar-refractivity contribution in [3.8, 4) is 0 Å². The molecule has 6 heteroatoms. The van der Waals surface area contributed by atoms with Crippen molar-refractivity contribution in [3.05, 3.63) is 46.5 Å². The van der Waals surface area contributed by atoms with Gasteiger partial charge in [-0.15, -0.1) is 0 Å². The Bertz CT molecular complexity index is 651. The average Bonchev–Trinajstić information content (AvgIpc) is 3.04. The molecule has 0 bridgehead atoms. The summed E-state index contributed by atoms with van der Waals surface area (Å²) in [6, 6.07) is 0. The number of rotatable bonds is 4. The number of hydrogen-bond donors (Lipinski definition) is 0.